The van der Waals surface area contributed by atoms with Crippen LogP contribution in [-0.4, -0.2) is 19.9 Å². The highest BCUT2D eigenvalue weighted by Crippen LogP contribution is 2.61. The number of fused-ring (bicyclic) bond motifs is 2. The van der Waals surface area contributed by atoms with E-state index >= 15 is 0 Å². The van der Waals surface area contributed by atoms with Gasteiger partial charge in [0.1, 0.15) is 11.6 Å². The van der Waals surface area contributed by atoms with Crippen molar-refractivity contribution in [2.75, 3.05) is 0 Å². The number of aromatic amines is 1. The van der Waals surface area contributed by atoms with Crippen molar-refractivity contribution in [3.8, 4) is 11.4 Å². The average molecular weight is 377 g/mol. The Labute approximate surface area is 168 Å². The van der Waals surface area contributed by atoms with Crippen molar-refractivity contribution in [3.05, 3.63) is 41.5 Å². The highest BCUT2D eigenvalue weighted by molar-refractivity contribution is 5.82. The molecule has 2 heterocycles. The number of nitrogens with zero attached hydrogens (tertiary/aromatic N) is 3. The van der Waals surface area contributed by atoms with E-state index < -0.39 is 0 Å². The lowest BCUT2D eigenvalue weighted by Gasteiger charge is -2.44. The first-order valence-electron chi connectivity index (χ1n) is 10.1. The minimum absolute atomic E-state index is 0.0584. The third kappa shape index (κ3) is 2.39. The monoisotopic (exact) mass is 376 g/mol. The van der Waals surface area contributed by atoms with E-state index in [1.54, 1.807) is 0 Å². The van der Waals surface area contributed by atoms with Gasteiger partial charge in [-0.15, -0.1) is 0 Å². The van der Waals surface area contributed by atoms with Gasteiger partial charge in [0, 0.05) is 17.8 Å². The second-order valence-corrected chi connectivity index (χ2v) is 10.9. The van der Waals surface area contributed by atoms with E-state index in [-0.39, 0.29) is 21.7 Å². The van der Waals surface area contributed by atoms with E-state index in [9.17, 15) is 0 Å². The fourth-order valence-electron chi connectivity index (χ4n) is 4.52. The number of hydrogen-bond acceptors (Lipinski definition) is 3. The Balaban J connectivity index is 1.83. The lowest BCUT2D eigenvalue weighted by atomic mass is 9.59. The van der Waals surface area contributed by atoms with E-state index in [0.717, 1.165) is 28.2 Å². The summed E-state index contributed by atoms with van der Waals surface area (Å²) in [6.45, 7) is 20.6. The largest absolute Gasteiger partial charge is 0.338 e. The van der Waals surface area contributed by atoms with Crippen molar-refractivity contribution < 1.29 is 0 Å². The van der Waals surface area contributed by atoms with Gasteiger partial charge < -0.3 is 4.98 Å². The van der Waals surface area contributed by atoms with E-state index in [4.69, 9.17) is 4.98 Å². The normalized spacial score (nSPS) is 19.8. The van der Waals surface area contributed by atoms with E-state index in [0.29, 0.717) is 0 Å². The molecule has 0 radical (unpaired) electrons. The molecule has 0 fully saturated rings. The van der Waals surface area contributed by atoms with Gasteiger partial charge in [0.15, 0.2) is 0 Å². The van der Waals surface area contributed by atoms with Crippen LogP contribution in [0, 0.1) is 5.41 Å². The van der Waals surface area contributed by atoms with Gasteiger partial charge in [-0.1, -0.05) is 62.3 Å². The highest BCUT2D eigenvalue weighted by atomic mass is 14.9. The lowest BCUT2D eigenvalue weighted by molar-refractivity contribution is 0.125. The third-order valence-electron chi connectivity index (χ3n) is 7.69. The van der Waals surface area contributed by atoms with Crippen LogP contribution in [0.1, 0.15) is 79.3 Å². The molecule has 4 nitrogen and oxygen atoms in total. The van der Waals surface area contributed by atoms with Gasteiger partial charge >= 0.3 is 0 Å². The highest BCUT2D eigenvalue weighted by Gasteiger charge is 2.56. The predicted molar refractivity (Wildman–Crippen MR) is 116 cm³/mol. The molecule has 0 bridgehead atoms. The summed E-state index contributed by atoms with van der Waals surface area (Å²) in [6.07, 6.45) is 3.74. The molecule has 0 atom stereocenters. The Bertz CT molecular complexity index is 1010. The summed E-state index contributed by atoms with van der Waals surface area (Å²) in [5, 5.41) is 0. The summed E-state index contributed by atoms with van der Waals surface area (Å²) in [5.74, 6) is 1.67. The van der Waals surface area contributed by atoms with Gasteiger partial charge in [0.2, 0.25) is 0 Å². The average Bonchev–Trinajstić information content (AvgIpc) is 3.05. The topological polar surface area (TPSA) is 54.5 Å². The van der Waals surface area contributed by atoms with Gasteiger partial charge in [-0.2, -0.15) is 0 Å². The maximum absolute atomic E-state index is 4.88. The van der Waals surface area contributed by atoms with Crippen LogP contribution in [0.3, 0.4) is 0 Å². The van der Waals surface area contributed by atoms with Crippen LogP contribution in [0.15, 0.2) is 24.5 Å². The fraction of sp³-hybridized carbons (Fsp3) is 0.542. The smallest absolute Gasteiger partial charge is 0.141 e. The summed E-state index contributed by atoms with van der Waals surface area (Å²) < 4.78 is 0. The molecule has 1 N–H and O–H groups in total. The number of aromatic nitrogens is 4. The number of benzene rings is 1. The molecule has 1 aliphatic rings. The second-order valence-electron chi connectivity index (χ2n) is 10.9. The van der Waals surface area contributed by atoms with Gasteiger partial charge in [0.05, 0.1) is 16.6 Å². The van der Waals surface area contributed by atoms with Crippen molar-refractivity contribution in [3.63, 3.8) is 0 Å². The standard InChI is InChI=1S/C24H32N4/c1-21(2,3)20-25-12-14(13-26-20)19-27-17-10-15-16(11-18(17)28-19)23(6,7)24(8,9)22(15,4)5/h10-13H,1-9H3,(H,27,28). The molecule has 2 aromatic heterocycles. The van der Waals surface area contributed by atoms with Gasteiger partial charge in [-0.25, -0.2) is 15.0 Å². The van der Waals surface area contributed by atoms with E-state index in [1.165, 1.54) is 11.1 Å². The van der Waals surface area contributed by atoms with Crippen molar-refractivity contribution in [2.24, 2.45) is 5.41 Å². The third-order valence-corrected chi connectivity index (χ3v) is 7.69. The van der Waals surface area contributed by atoms with Crippen LogP contribution in [0.25, 0.3) is 22.4 Å². The maximum atomic E-state index is 4.88. The first-order chi connectivity index (χ1) is 12.8. The van der Waals surface area contributed by atoms with E-state index in [2.05, 4.69) is 89.4 Å². The Hall–Kier alpha value is -2.23. The quantitative estimate of drug-likeness (QED) is 0.574. The molecule has 0 unspecified atom stereocenters. The molecule has 28 heavy (non-hydrogen) atoms. The van der Waals surface area contributed by atoms with Crippen molar-refractivity contribution in [2.45, 2.75) is 78.6 Å². The molecule has 1 aliphatic carbocycles. The zero-order chi connectivity index (χ0) is 20.7. The molecule has 0 saturated carbocycles. The molecule has 148 valence electrons. The Morgan fingerprint density at radius 3 is 1.89 bits per heavy atom. The Kier molecular flexibility index (Phi) is 3.70. The number of hydrogen-bond donors (Lipinski definition) is 1. The second kappa shape index (κ2) is 5.43. The Morgan fingerprint density at radius 2 is 1.36 bits per heavy atom. The fourth-order valence-corrected chi connectivity index (χ4v) is 4.52. The molecule has 0 spiro atoms. The number of nitrogens with one attached hydrogen (secondary N) is 1. The van der Waals surface area contributed by atoms with Crippen LogP contribution >= 0.6 is 0 Å². The summed E-state index contributed by atoms with van der Waals surface area (Å²) in [5.41, 5.74) is 6.10. The first kappa shape index (κ1) is 19.1. The maximum Gasteiger partial charge on any atom is 0.141 e. The van der Waals surface area contributed by atoms with Crippen LogP contribution in [0.2, 0.25) is 0 Å². The first-order valence-corrected chi connectivity index (χ1v) is 10.1. The number of rotatable bonds is 1. The predicted octanol–water partition coefficient (Wildman–Crippen LogP) is 5.91. The molecule has 0 amide bonds. The molecule has 3 aromatic rings. The molecule has 0 saturated heterocycles. The summed E-state index contributed by atoms with van der Waals surface area (Å²) in [4.78, 5) is 17.5. The molecule has 0 aliphatic heterocycles. The van der Waals surface area contributed by atoms with Crippen LogP contribution in [-0.2, 0) is 16.2 Å². The van der Waals surface area contributed by atoms with Crippen molar-refractivity contribution in [1.82, 2.24) is 19.9 Å². The lowest BCUT2D eigenvalue weighted by Crippen LogP contribution is -2.42. The van der Waals surface area contributed by atoms with Crippen LogP contribution < -0.4 is 0 Å². The number of imidazole rings is 1. The molecule has 4 rings (SSSR count). The molecule has 1 aromatic carbocycles. The Morgan fingerprint density at radius 1 is 0.821 bits per heavy atom. The molecule has 4 heteroatoms. The summed E-state index contributed by atoms with van der Waals surface area (Å²) in [7, 11) is 0. The summed E-state index contributed by atoms with van der Waals surface area (Å²) >= 11 is 0. The SMILES string of the molecule is CC(C)(C)c1ncc(-c2nc3cc4c(cc3[nH]2)C(C)(C)C(C)(C)C4(C)C)cn1. The zero-order valence-corrected chi connectivity index (χ0v) is 18.7. The molecular formula is C24H32N4. The van der Waals surface area contributed by atoms with Crippen molar-refractivity contribution in [1.29, 1.82) is 0 Å². The molecular weight excluding hydrogens is 344 g/mol. The van der Waals surface area contributed by atoms with Crippen LogP contribution in [0.5, 0.6) is 0 Å². The van der Waals surface area contributed by atoms with Gasteiger partial charge in [-0.05, 0) is 39.5 Å². The van der Waals surface area contributed by atoms with Gasteiger partial charge in [0.25, 0.3) is 0 Å². The zero-order valence-electron chi connectivity index (χ0n) is 18.7. The van der Waals surface area contributed by atoms with E-state index in [1.807, 2.05) is 12.4 Å². The summed E-state index contributed by atoms with van der Waals surface area (Å²) in [6, 6.07) is 4.59. The minimum Gasteiger partial charge on any atom is -0.338 e. The van der Waals surface area contributed by atoms with Crippen molar-refractivity contribution >= 4 is 11.0 Å². The van der Waals surface area contributed by atoms with Crippen LogP contribution in [0.4, 0.5) is 0 Å². The minimum atomic E-state index is -0.0584. The number of H-pyrrole nitrogens is 1. The van der Waals surface area contributed by atoms with Gasteiger partial charge in [-0.3, -0.25) is 0 Å².